The molecule has 0 aliphatic heterocycles. The van der Waals surface area contributed by atoms with Crippen LogP contribution in [0.15, 0.2) is 28.6 Å². The Labute approximate surface area is 82.6 Å². The highest BCUT2D eigenvalue weighted by atomic mass is 19.3. The van der Waals surface area contributed by atoms with Crippen LogP contribution < -0.4 is 0 Å². The number of halogens is 4. The first-order valence-corrected chi connectivity index (χ1v) is 3.85. The van der Waals surface area contributed by atoms with Gasteiger partial charge >= 0.3 is 6.61 Å². The van der Waals surface area contributed by atoms with Gasteiger partial charge in [-0.05, 0) is 0 Å². The molecule has 0 aromatic heterocycles. The van der Waals surface area contributed by atoms with Crippen molar-refractivity contribution in [3.63, 3.8) is 0 Å². The van der Waals surface area contributed by atoms with Crippen molar-refractivity contribution in [1.82, 2.24) is 0 Å². The van der Waals surface area contributed by atoms with Crippen LogP contribution in [0.4, 0.5) is 17.6 Å². The summed E-state index contributed by atoms with van der Waals surface area (Å²) in [4.78, 5) is 4.23. The van der Waals surface area contributed by atoms with Crippen molar-refractivity contribution < 1.29 is 27.1 Å². The van der Waals surface area contributed by atoms with Crippen LogP contribution in [0.25, 0.3) is 0 Å². The molecule has 0 aromatic carbocycles. The number of hydrogen-bond donors (Lipinski definition) is 0. The Morgan fingerprint density at radius 3 is 2.60 bits per heavy atom. The van der Waals surface area contributed by atoms with Gasteiger partial charge in [-0.1, -0.05) is 5.16 Å². The topological polar surface area (TPSA) is 30.8 Å². The summed E-state index contributed by atoms with van der Waals surface area (Å²) in [5, 5.41) is 3.15. The van der Waals surface area contributed by atoms with E-state index in [1.165, 1.54) is 0 Å². The molecule has 0 saturated carbocycles. The lowest BCUT2D eigenvalue weighted by Crippen LogP contribution is -2.12. The molecule has 0 radical (unpaired) electrons. The van der Waals surface area contributed by atoms with Gasteiger partial charge in [0.15, 0.2) is 11.7 Å². The van der Waals surface area contributed by atoms with Gasteiger partial charge in [0.25, 0.3) is 0 Å². The predicted molar refractivity (Wildman–Crippen MR) is 43.5 cm³/mol. The van der Waals surface area contributed by atoms with Gasteiger partial charge in [0.2, 0.25) is 0 Å². The molecule has 0 N–H and O–H groups in total. The standard InChI is InChI=1S/C8H7F4NO2/c1-14-13-6-3-4(15-8(11)12)2-5(9)7(6)10/h2,8H,3H2,1H3. The van der Waals surface area contributed by atoms with Crippen molar-refractivity contribution >= 4 is 5.71 Å². The molecule has 0 aromatic rings. The molecule has 0 bridgehead atoms. The lowest BCUT2D eigenvalue weighted by atomic mass is 10.1. The van der Waals surface area contributed by atoms with Crippen LogP contribution in [0.2, 0.25) is 0 Å². The molecule has 0 saturated heterocycles. The largest absolute Gasteiger partial charge is 0.439 e. The van der Waals surface area contributed by atoms with Crippen molar-refractivity contribution in [3.8, 4) is 0 Å². The second-order valence-electron chi connectivity index (χ2n) is 2.55. The molecular weight excluding hydrogens is 218 g/mol. The first-order chi connectivity index (χ1) is 7.04. The molecule has 1 aliphatic rings. The maximum absolute atomic E-state index is 12.9. The first-order valence-electron chi connectivity index (χ1n) is 3.85. The second kappa shape index (κ2) is 4.81. The Hall–Kier alpha value is -1.53. The van der Waals surface area contributed by atoms with Gasteiger partial charge in [-0.15, -0.1) is 0 Å². The highest BCUT2D eigenvalue weighted by Crippen LogP contribution is 2.26. The zero-order valence-electron chi connectivity index (χ0n) is 7.64. The molecule has 0 amide bonds. The number of hydrogen-bond acceptors (Lipinski definition) is 3. The molecule has 0 heterocycles. The van der Waals surface area contributed by atoms with Crippen molar-refractivity contribution in [1.29, 1.82) is 0 Å². The van der Waals surface area contributed by atoms with Crippen LogP contribution in [-0.2, 0) is 9.57 Å². The third-order valence-corrected chi connectivity index (χ3v) is 1.53. The molecule has 84 valence electrons. The van der Waals surface area contributed by atoms with Crippen LogP contribution in [0.5, 0.6) is 0 Å². The Bertz CT molecular complexity index is 336. The molecule has 1 rings (SSSR count). The average molecular weight is 225 g/mol. The molecule has 0 atom stereocenters. The molecule has 15 heavy (non-hydrogen) atoms. The monoisotopic (exact) mass is 225 g/mol. The molecule has 0 spiro atoms. The minimum atomic E-state index is -3.09. The van der Waals surface area contributed by atoms with Gasteiger partial charge in [-0.3, -0.25) is 0 Å². The molecule has 1 aliphatic carbocycles. The fraction of sp³-hybridized carbons (Fsp3) is 0.375. The minimum Gasteiger partial charge on any atom is -0.439 e. The summed E-state index contributed by atoms with van der Waals surface area (Å²) in [6.07, 6.45) is 0.174. The van der Waals surface area contributed by atoms with Crippen molar-refractivity contribution in [2.24, 2.45) is 5.16 Å². The summed E-state index contributed by atoms with van der Waals surface area (Å²) < 4.78 is 53.3. The Kier molecular flexibility index (Phi) is 3.70. The van der Waals surface area contributed by atoms with E-state index in [9.17, 15) is 17.6 Å². The maximum atomic E-state index is 12.9. The smallest absolute Gasteiger partial charge is 0.387 e. The summed E-state index contributed by atoms with van der Waals surface area (Å²) in [6, 6.07) is 0. The average Bonchev–Trinajstić information content (AvgIpc) is 2.12. The molecule has 3 nitrogen and oxygen atoms in total. The van der Waals surface area contributed by atoms with E-state index in [1.807, 2.05) is 0 Å². The third kappa shape index (κ3) is 2.97. The van der Waals surface area contributed by atoms with Crippen molar-refractivity contribution in [2.75, 3.05) is 7.11 Å². The van der Waals surface area contributed by atoms with E-state index in [0.717, 1.165) is 7.11 Å². The number of alkyl halides is 2. The predicted octanol–water partition coefficient (Wildman–Crippen LogP) is 2.67. The first kappa shape index (κ1) is 11.5. The highest BCUT2D eigenvalue weighted by Gasteiger charge is 2.23. The minimum absolute atomic E-state index is 0.378. The molecule has 7 heteroatoms. The fourth-order valence-corrected chi connectivity index (χ4v) is 1.01. The van der Waals surface area contributed by atoms with Gasteiger partial charge in [-0.25, -0.2) is 8.78 Å². The Morgan fingerprint density at radius 1 is 1.40 bits per heavy atom. The maximum Gasteiger partial charge on any atom is 0.387 e. The quantitative estimate of drug-likeness (QED) is 0.546. The SMILES string of the molecule is CON=C1CC(OC(F)F)=CC(F)=C1F. The normalized spacial score (nSPS) is 19.6. The van der Waals surface area contributed by atoms with Gasteiger partial charge in [0.05, 0.1) is 6.42 Å². The lowest BCUT2D eigenvalue weighted by Gasteiger charge is -2.13. The van der Waals surface area contributed by atoms with Gasteiger partial charge in [0.1, 0.15) is 18.6 Å². The van der Waals surface area contributed by atoms with Crippen molar-refractivity contribution in [2.45, 2.75) is 13.0 Å². The zero-order chi connectivity index (χ0) is 11.4. The Balaban J connectivity index is 2.89. The van der Waals surface area contributed by atoms with Crippen LogP contribution in [0.1, 0.15) is 6.42 Å². The number of oxime groups is 1. The summed E-state index contributed by atoms with van der Waals surface area (Å²) in [7, 11) is 1.13. The second-order valence-corrected chi connectivity index (χ2v) is 2.55. The van der Waals surface area contributed by atoms with Crippen LogP contribution >= 0.6 is 0 Å². The van der Waals surface area contributed by atoms with E-state index >= 15 is 0 Å². The van der Waals surface area contributed by atoms with E-state index in [0.29, 0.717) is 6.08 Å². The summed E-state index contributed by atoms with van der Waals surface area (Å²) in [6.45, 7) is -3.09. The Morgan fingerprint density at radius 2 is 2.07 bits per heavy atom. The summed E-state index contributed by atoms with van der Waals surface area (Å²) in [5.41, 5.74) is -0.423. The van der Waals surface area contributed by atoms with E-state index in [2.05, 4.69) is 14.7 Å². The van der Waals surface area contributed by atoms with E-state index in [4.69, 9.17) is 0 Å². The zero-order valence-corrected chi connectivity index (χ0v) is 7.64. The number of allylic oxidation sites excluding steroid dienone is 4. The fourth-order valence-electron chi connectivity index (χ4n) is 1.01. The van der Waals surface area contributed by atoms with Crippen molar-refractivity contribution in [3.05, 3.63) is 23.5 Å². The molecular formula is C8H7F4NO2. The lowest BCUT2D eigenvalue weighted by molar-refractivity contribution is -0.0970. The summed E-state index contributed by atoms with van der Waals surface area (Å²) in [5.74, 6) is -2.95. The van der Waals surface area contributed by atoms with E-state index < -0.39 is 29.7 Å². The van der Waals surface area contributed by atoms with Crippen LogP contribution in [0.3, 0.4) is 0 Å². The molecule has 0 fully saturated rings. The van der Waals surface area contributed by atoms with Gasteiger partial charge in [-0.2, -0.15) is 8.78 Å². The van der Waals surface area contributed by atoms with E-state index in [-0.39, 0.29) is 6.42 Å². The molecule has 0 unspecified atom stereocenters. The summed E-state index contributed by atoms with van der Waals surface area (Å²) >= 11 is 0. The van der Waals surface area contributed by atoms with E-state index in [1.54, 1.807) is 0 Å². The van der Waals surface area contributed by atoms with Crippen LogP contribution in [-0.4, -0.2) is 19.4 Å². The number of ether oxygens (including phenoxy) is 1. The number of nitrogens with zero attached hydrogens (tertiary/aromatic N) is 1. The van der Waals surface area contributed by atoms with Gasteiger partial charge in [0, 0.05) is 6.08 Å². The highest BCUT2D eigenvalue weighted by molar-refractivity contribution is 6.01. The number of rotatable bonds is 3. The third-order valence-electron chi connectivity index (χ3n) is 1.53. The van der Waals surface area contributed by atoms with Gasteiger partial charge < -0.3 is 9.57 Å². The van der Waals surface area contributed by atoms with Crippen LogP contribution in [0, 0.1) is 0 Å².